The van der Waals surface area contributed by atoms with Crippen LogP contribution in [0, 0.1) is 0 Å². The molecule has 0 saturated carbocycles. The van der Waals surface area contributed by atoms with Gasteiger partial charge in [-0.1, -0.05) is 22.0 Å². The third-order valence-corrected chi connectivity index (χ3v) is 4.42. The number of anilines is 1. The summed E-state index contributed by atoms with van der Waals surface area (Å²) in [5.74, 6) is 0.160. The maximum atomic E-state index is 12.6. The molecule has 0 spiro atoms. The summed E-state index contributed by atoms with van der Waals surface area (Å²) in [5.41, 5.74) is 1.86. The van der Waals surface area contributed by atoms with Gasteiger partial charge in [-0.05, 0) is 37.5 Å². The van der Waals surface area contributed by atoms with Crippen molar-refractivity contribution in [2.45, 2.75) is 25.3 Å². The minimum absolute atomic E-state index is 0.160. The first-order valence-corrected chi connectivity index (χ1v) is 7.90. The number of piperidine rings is 1. The first-order valence-electron chi connectivity index (χ1n) is 6.78. The van der Waals surface area contributed by atoms with Gasteiger partial charge in [0.1, 0.15) is 0 Å². The highest BCUT2D eigenvalue weighted by Gasteiger charge is 2.26. The van der Waals surface area contributed by atoms with Crippen LogP contribution in [-0.4, -0.2) is 42.8 Å². The summed E-state index contributed by atoms with van der Waals surface area (Å²) in [6.07, 6.45) is 3.44. The Balaban J connectivity index is 2.20. The van der Waals surface area contributed by atoms with E-state index in [1.807, 2.05) is 48.2 Å². The number of halogens is 1. The summed E-state index contributed by atoms with van der Waals surface area (Å²) in [4.78, 5) is 16.7. The molecule has 19 heavy (non-hydrogen) atoms. The summed E-state index contributed by atoms with van der Waals surface area (Å²) in [7, 11) is 3.98. The van der Waals surface area contributed by atoms with Gasteiger partial charge in [-0.2, -0.15) is 0 Å². The molecule has 1 fully saturated rings. The SMILES string of the molecule is CN(C)c1cccc(C(=O)N2CCCCC2CBr)c1. The number of benzene rings is 1. The van der Waals surface area contributed by atoms with Crippen molar-refractivity contribution in [2.75, 3.05) is 30.9 Å². The van der Waals surface area contributed by atoms with Gasteiger partial charge in [0.15, 0.2) is 0 Å². The molecular weight excluding hydrogens is 304 g/mol. The van der Waals surface area contributed by atoms with Crippen molar-refractivity contribution in [1.29, 1.82) is 0 Å². The highest BCUT2D eigenvalue weighted by atomic mass is 79.9. The van der Waals surface area contributed by atoms with Crippen LogP contribution in [0.1, 0.15) is 29.6 Å². The average Bonchev–Trinajstić information content (AvgIpc) is 2.46. The normalized spacial score (nSPS) is 19.3. The number of carbonyl (C=O) groups excluding carboxylic acids is 1. The highest BCUT2D eigenvalue weighted by molar-refractivity contribution is 9.09. The molecule has 0 aliphatic carbocycles. The minimum atomic E-state index is 0.160. The summed E-state index contributed by atoms with van der Waals surface area (Å²) >= 11 is 3.53. The van der Waals surface area contributed by atoms with Crippen molar-refractivity contribution in [2.24, 2.45) is 0 Å². The number of hydrogen-bond donors (Lipinski definition) is 0. The van der Waals surface area contributed by atoms with Crippen LogP contribution in [0.2, 0.25) is 0 Å². The number of nitrogens with zero attached hydrogens (tertiary/aromatic N) is 2. The molecule has 104 valence electrons. The number of carbonyl (C=O) groups is 1. The number of amides is 1. The molecular formula is C15H21BrN2O. The Kier molecular flexibility index (Phi) is 4.86. The van der Waals surface area contributed by atoms with Gasteiger partial charge < -0.3 is 9.80 Å². The highest BCUT2D eigenvalue weighted by Crippen LogP contribution is 2.22. The van der Waals surface area contributed by atoms with Crippen molar-refractivity contribution in [1.82, 2.24) is 4.90 Å². The lowest BCUT2D eigenvalue weighted by molar-refractivity contribution is 0.0642. The van der Waals surface area contributed by atoms with E-state index >= 15 is 0 Å². The molecule has 1 aromatic carbocycles. The van der Waals surface area contributed by atoms with Crippen molar-refractivity contribution in [3.63, 3.8) is 0 Å². The molecule has 1 saturated heterocycles. The van der Waals surface area contributed by atoms with Crippen LogP contribution in [0.15, 0.2) is 24.3 Å². The Bertz CT molecular complexity index is 448. The van der Waals surface area contributed by atoms with E-state index in [0.717, 1.165) is 36.0 Å². The number of rotatable bonds is 3. The van der Waals surface area contributed by atoms with E-state index in [0.29, 0.717) is 6.04 Å². The fourth-order valence-electron chi connectivity index (χ4n) is 2.51. The molecule has 1 amide bonds. The standard InChI is InChI=1S/C15H21BrN2O/c1-17(2)13-8-5-6-12(10-13)15(19)18-9-4-3-7-14(18)11-16/h5-6,8,10,14H,3-4,7,9,11H2,1-2H3. The van der Waals surface area contributed by atoms with Crippen LogP contribution in [0.4, 0.5) is 5.69 Å². The maximum absolute atomic E-state index is 12.6. The van der Waals surface area contributed by atoms with Gasteiger partial charge in [0.25, 0.3) is 5.91 Å². The largest absolute Gasteiger partial charge is 0.378 e. The van der Waals surface area contributed by atoms with E-state index in [2.05, 4.69) is 15.9 Å². The number of hydrogen-bond acceptors (Lipinski definition) is 2. The van der Waals surface area contributed by atoms with Crippen LogP contribution in [-0.2, 0) is 0 Å². The van der Waals surface area contributed by atoms with Gasteiger partial charge in [0.2, 0.25) is 0 Å². The lowest BCUT2D eigenvalue weighted by atomic mass is 10.0. The molecule has 2 rings (SSSR count). The molecule has 1 aliphatic rings. The zero-order valence-electron chi connectivity index (χ0n) is 11.6. The van der Waals surface area contributed by atoms with Crippen LogP contribution in [0.5, 0.6) is 0 Å². The predicted octanol–water partition coefficient (Wildman–Crippen LogP) is 3.14. The Morgan fingerprint density at radius 3 is 2.89 bits per heavy atom. The second-order valence-electron chi connectivity index (χ2n) is 5.25. The molecule has 3 nitrogen and oxygen atoms in total. The van der Waals surface area contributed by atoms with Crippen LogP contribution in [0.25, 0.3) is 0 Å². The molecule has 1 atom stereocenters. The minimum Gasteiger partial charge on any atom is -0.378 e. The fourth-order valence-corrected chi connectivity index (χ4v) is 3.18. The first kappa shape index (κ1) is 14.4. The Labute approximate surface area is 123 Å². The van der Waals surface area contributed by atoms with Crippen LogP contribution < -0.4 is 4.90 Å². The molecule has 1 unspecified atom stereocenters. The smallest absolute Gasteiger partial charge is 0.254 e. The molecule has 1 heterocycles. The van der Waals surface area contributed by atoms with E-state index in [9.17, 15) is 4.79 Å². The summed E-state index contributed by atoms with van der Waals surface area (Å²) < 4.78 is 0. The molecule has 1 aliphatic heterocycles. The molecule has 0 radical (unpaired) electrons. The number of likely N-dealkylation sites (tertiary alicyclic amines) is 1. The van der Waals surface area contributed by atoms with E-state index in [1.165, 1.54) is 6.42 Å². The van der Waals surface area contributed by atoms with Crippen molar-refractivity contribution >= 4 is 27.5 Å². The van der Waals surface area contributed by atoms with Crippen LogP contribution >= 0.6 is 15.9 Å². The third kappa shape index (κ3) is 3.30. The van der Waals surface area contributed by atoms with Gasteiger partial charge in [-0.15, -0.1) is 0 Å². The molecule has 0 aromatic heterocycles. The molecule has 0 bridgehead atoms. The summed E-state index contributed by atoms with van der Waals surface area (Å²) in [5, 5.41) is 0.867. The van der Waals surface area contributed by atoms with Crippen molar-refractivity contribution in [3.05, 3.63) is 29.8 Å². The van der Waals surface area contributed by atoms with Gasteiger partial charge >= 0.3 is 0 Å². The van der Waals surface area contributed by atoms with E-state index in [1.54, 1.807) is 0 Å². The summed E-state index contributed by atoms with van der Waals surface area (Å²) in [6, 6.07) is 8.20. The maximum Gasteiger partial charge on any atom is 0.254 e. The van der Waals surface area contributed by atoms with E-state index < -0.39 is 0 Å². The number of alkyl halides is 1. The lowest BCUT2D eigenvalue weighted by Crippen LogP contribution is -2.44. The Hall–Kier alpha value is -1.03. The first-order chi connectivity index (χ1) is 9.13. The van der Waals surface area contributed by atoms with Crippen LogP contribution in [0.3, 0.4) is 0 Å². The monoisotopic (exact) mass is 324 g/mol. The second kappa shape index (κ2) is 6.42. The zero-order valence-corrected chi connectivity index (χ0v) is 13.2. The van der Waals surface area contributed by atoms with E-state index in [-0.39, 0.29) is 5.91 Å². The van der Waals surface area contributed by atoms with Crippen molar-refractivity contribution in [3.8, 4) is 0 Å². The Morgan fingerprint density at radius 2 is 2.21 bits per heavy atom. The van der Waals surface area contributed by atoms with E-state index in [4.69, 9.17) is 0 Å². The molecule has 1 aromatic rings. The lowest BCUT2D eigenvalue weighted by Gasteiger charge is -2.35. The van der Waals surface area contributed by atoms with Crippen molar-refractivity contribution < 1.29 is 4.79 Å². The van der Waals surface area contributed by atoms with Gasteiger partial charge in [-0.25, -0.2) is 0 Å². The molecule has 0 N–H and O–H groups in total. The quantitative estimate of drug-likeness (QED) is 0.797. The fraction of sp³-hybridized carbons (Fsp3) is 0.533. The predicted molar refractivity (Wildman–Crippen MR) is 83.2 cm³/mol. The average molecular weight is 325 g/mol. The second-order valence-corrected chi connectivity index (χ2v) is 5.89. The Morgan fingerprint density at radius 1 is 1.42 bits per heavy atom. The third-order valence-electron chi connectivity index (χ3n) is 3.68. The topological polar surface area (TPSA) is 23.6 Å². The van der Waals surface area contributed by atoms with Gasteiger partial charge in [-0.3, -0.25) is 4.79 Å². The summed E-state index contributed by atoms with van der Waals surface area (Å²) in [6.45, 7) is 0.876. The zero-order chi connectivity index (χ0) is 13.8. The van der Waals surface area contributed by atoms with Gasteiger partial charge in [0.05, 0.1) is 0 Å². The van der Waals surface area contributed by atoms with Gasteiger partial charge in [0, 0.05) is 43.3 Å². The molecule has 4 heteroatoms.